The van der Waals surface area contributed by atoms with Crippen LogP contribution in [0, 0.1) is 5.21 Å². The Hall–Kier alpha value is -3.56. The highest BCUT2D eigenvalue weighted by atomic mass is 31.1. The molecule has 0 fully saturated rings. The van der Waals surface area contributed by atoms with E-state index in [1.54, 1.807) is 30.3 Å². The topological polar surface area (TPSA) is 57.2 Å². The summed E-state index contributed by atoms with van der Waals surface area (Å²) in [5.41, 5.74) is 4.12. The SMILES string of the molecule is O=P(=O)c1cccc2c1C(c1ccccc1)=C(c1ccccc1)[N+]2([O-])c1ccccc1. The number of benzene rings is 4. The molecule has 1 atom stereocenters. The molecule has 0 saturated carbocycles. The Morgan fingerprint density at radius 2 is 1.16 bits per heavy atom. The Labute approximate surface area is 180 Å². The van der Waals surface area contributed by atoms with Crippen LogP contribution in [0.15, 0.2) is 109 Å². The van der Waals surface area contributed by atoms with Crippen LogP contribution >= 0.6 is 7.68 Å². The highest BCUT2D eigenvalue weighted by molar-refractivity contribution is 7.40. The van der Waals surface area contributed by atoms with Gasteiger partial charge in [-0.05, 0) is 23.8 Å². The number of quaternary nitrogens is 1. The summed E-state index contributed by atoms with van der Waals surface area (Å²) in [5, 5.41) is 15.1. The summed E-state index contributed by atoms with van der Waals surface area (Å²) in [5.74, 6) is 0. The van der Waals surface area contributed by atoms with Gasteiger partial charge < -0.3 is 5.21 Å². The van der Waals surface area contributed by atoms with Gasteiger partial charge in [-0.2, -0.15) is 0 Å². The van der Waals surface area contributed by atoms with E-state index in [2.05, 4.69) is 0 Å². The highest BCUT2D eigenvalue weighted by Gasteiger charge is 2.44. The van der Waals surface area contributed by atoms with E-state index in [-0.39, 0.29) is 5.30 Å². The van der Waals surface area contributed by atoms with Crippen LogP contribution in [0.5, 0.6) is 0 Å². The van der Waals surface area contributed by atoms with E-state index in [1.165, 1.54) is 0 Å². The zero-order chi connectivity index (χ0) is 21.4. The molecule has 1 heterocycles. The Kier molecular flexibility index (Phi) is 4.76. The van der Waals surface area contributed by atoms with Crippen molar-refractivity contribution in [3.8, 4) is 0 Å². The van der Waals surface area contributed by atoms with Gasteiger partial charge in [-0.3, -0.25) is 4.65 Å². The van der Waals surface area contributed by atoms with Crippen LogP contribution < -0.4 is 9.95 Å². The first-order valence-electron chi connectivity index (χ1n) is 9.92. The molecule has 0 N–H and O–H groups in total. The van der Waals surface area contributed by atoms with Crippen molar-refractivity contribution in [1.82, 2.24) is 4.65 Å². The third-order valence-corrected chi connectivity index (χ3v) is 6.35. The van der Waals surface area contributed by atoms with Crippen molar-refractivity contribution in [2.45, 2.75) is 0 Å². The fourth-order valence-corrected chi connectivity index (χ4v) is 4.93. The predicted octanol–water partition coefficient (Wildman–Crippen LogP) is 6.55. The van der Waals surface area contributed by atoms with Gasteiger partial charge in [0.1, 0.15) is 5.69 Å². The van der Waals surface area contributed by atoms with Crippen molar-refractivity contribution in [1.29, 1.82) is 0 Å². The second-order valence-electron chi connectivity index (χ2n) is 7.33. The lowest BCUT2D eigenvalue weighted by Crippen LogP contribution is -2.33. The molecule has 4 aromatic rings. The maximum atomic E-state index is 14.9. The van der Waals surface area contributed by atoms with E-state index in [1.807, 2.05) is 78.9 Å². The van der Waals surface area contributed by atoms with Crippen LogP contribution in [0.4, 0.5) is 11.4 Å². The summed E-state index contributed by atoms with van der Waals surface area (Å²) in [7, 11) is -2.90. The number of hydrogen-bond acceptors (Lipinski definition) is 3. The number of fused-ring (bicyclic) bond motifs is 1. The fourth-order valence-electron chi connectivity index (χ4n) is 4.31. The Bertz CT molecular complexity index is 1360. The third-order valence-electron chi connectivity index (χ3n) is 5.59. The van der Waals surface area contributed by atoms with Crippen LogP contribution in [0.1, 0.15) is 16.7 Å². The van der Waals surface area contributed by atoms with Crippen molar-refractivity contribution < 1.29 is 9.13 Å². The molecular weight excluding hydrogens is 405 g/mol. The molecule has 0 saturated heterocycles. The molecule has 0 aromatic heterocycles. The molecule has 1 aliphatic heterocycles. The minimum absolute atomic E-state index is 0.159. The van der Waals surface area contributed by atoms with Gasteiger partial charge in [0.15, 0.2) is 11.4 Å². The molecule has 0 spiro atoms. The number of hydrogen-bond donors (Lipinski definition) is 0. The summed E-state index contributed by atoms with van der Waals surface area (Å²) in [6.07, 6.45) is 0. The first-order valence-corrected chi connectivity index (χ1v) is 11.1. The van der Waals surface area contributed by atoms with Gasteiger partial charge in [0.05, 0.1) is 16.4 Å². The molecule has 0 bridgehead atoms. The van der Waals surface area contributed by atoms with Gasteiger partial charge in [-0.15, -0.1) is 0 Å². The monoisotopic (exact) mass is 423 g/mol. The van der Waals surface area contributed by atoms with Gasteiger partial charge in [0.2, 0.25) is 0 Å². The first kappa shape index (κ1) is 19.4. The molecule has 4 nitrogen and oxygen atoms in total. The normalized spacial score (nSPS) is 17.5. The van der Waals surface area contributed by atoms with Gasteiger partial charge in [-0.25, -0.2) is 9.13 Å². The van der Waals surface area contributed by atoms with Crippen LogP contribution in [-0.4, -0.2) is 0 Å². The summed E-state index contributed by atoms with van der Waals surface area (Å²) in [6.45, 7) is 0. The molecule has 31 heavy (non-hydrogen) atoms. The second-order valence-corrected chi connectivity index (χ2v) is 8.32. The summed E-state index contributed by atoms with van der Waals surface area (Å²) in [6, 6.07) is 33.0. The van der Waals surface area contributed by atoms with E-state index in [0.717, 1.165) is 11.1 Å². The van der Waals surface area contributed by atoms with E-state index in [9.17, 15) is 14.3 Å². The molecule has 0 amide bonds. The summed E-state index contributed by atoms with van der Waals surface area (Å²) < 4.78 is 23.6. The van der Waals surface area contributed by atoms with Crippen molar-refractivity contribution in [3.05, 3.63) is 131 Å². The molecule has 5 heteroatoms. The maximum Gasteiger partial charge on any atom is 0.349 e. The Balaban J connectivity index is 1.99. The standard InChI is InChI=1S/C26H18NO3P/c28-27(21-15-8-3-9-16-21)22-17-10-18-23(31(29)30)25(22)24(19-11-4-1-5-12-19)26(27)20-13-6-2-7-14-20/h1-18H. The first-order chi connectivity index (χ1) is 15.1. The van der Waals surface area contributed by atoms with Gasteiger partial charge in [0, 0.05) is 23.8 Å². The number of hydroxylamine groups is 1. The molecule has 0 aliphatic carbocycles. The van der Waals surface area contributed by atoms with E-state index >= 15 is 0 Å². The van der Waals surface area contributed by atoms with Crippen molar-refractivity contribution >= 4 is 35.6 Å². The maximum absolute atomic E-state index is 14.9. The molecular formula is C26H18NO3P. The average Bonchev–Trinajstić information content (AvgIpc) is 3.10. The molecule has 150 valence electrons. The largest absolute Gasteiger partial charge is 0.616 e. The lowest BCUT2D eigenvalue weighted by molar-refractivity contribution is 0.523. The van der Waals surface area contributed by atoms with Crippen LogP contribution in [0.2, 0.25) is 0 Å². The minimum atomic E-state index is -2.90. The van der Waals surface area contributed by atoms with Crippen molar-refractivity contribution in [2.24, 2.45) is 0 Å². The van der Waals surface area contributed by atoms with Gasteiger partial charge in [0.25, 0.3) is 0 Å². The van der Waals surface area contributed by atoms with Crippen LogP contribution in [-0.2, 0) is 9.13 Å². The molecule has 0 radical (unpaired) electrons. The molecule has 4 aromatic carbocycles. The van der Waals surface area contributed by atoms with Crippen LogP contribution in [0.3, 0.4) is 0 Å². The highest BCUT2D eigenvalue weighted by Crippen LogP contribution is 2.55. The third kappa shape index (κ3) is 3.01. The quantitative estimate of drug-likeness (QED) is 0.212. The molecule has 5 rings (SSSR count). The summed E-state index contributed by atoms with van der Waals surface area (Å²) in [4.78, 5) is 0. The zero-order valence-electron chi connectivity index (χ0n) is 16.5. The Morgan fingerprint density at radius 3 is 1.74 bits per heavy atom. The van der Waals surface area contributed by atoms with E-state index in [4.69, 9.17) is 0 Å². The van der Waals surface area contributed by atoms with Gasteiger partial charge >= 0.3 is 7.68 Å². The van der Waals surface area contributed by atoms with E-state index < -0.39 is 12.3 Å². The lowest BCUT2D eigenvalue weighted by Gasteiger charge is -2.40. The van der Waals surface area contributed by atoms with Gasteiger partial charge in [-0.1, -0.05) is 72.8 Å². The van der Waals surface area contributed by atoms with Crippen LogP contribution in [0.25, 0.3) is 11.3 Å². The van der Waals surface area contributed by atoms with Crippen molar-refractivity contribution in [3.63, 3.8) is 0 Å². The van der Waals surface area contributed by atoms with E-state index in [0.29, 0.717) is 28.2 Å². The Morgan fingerprint density at radius 1 is 0.613 bits per heavy atom. The fraction of sp³-hybridized carbons (Fsp3) is 0. The van der Waals surface area contributed by atoms with Crippen molar-refractivity contribution in [2.75, 3.05) is 0 Å². The lowest BCUT2D eigenvalue weighted by atomic mass is 9.95. The molecule has 1 unspecified atom stereocenters. The average molecular weight is 423 g/mol. The smallest absolute Gasteiger partial charge is 0.349 e. The minimum Gasteiger partial charge on any atom is -0.616 e. The number of nitrogens with zero attached hydrogens (tertiary/aromatic N) is 1. The molecule has 1 aliphatic rings. The number of para-hydroxylation sites is 1. The zero-order valence-corrected chi connectivity index (χ0v) is 17.4. The predicted molar refractivity (Wildman–Crippen MR) is 124 cm³/mol. The number of rotatable bonds is 4. The second kappa shape index (κ2) is 7.60. The summed E-state index contributed by atoms with van der Waals surface area (Å²) >= 11 is 0.